The standard InChI is InChI=1S/C16H29N3O2/c20-15(13-7-5-8-13)17-11-6-12-18-16(21)19-14-9-3-1-2-4-10-14/h13-14H,1-12H2,(H,17,20)(H2,18,19,21). The van der Waals surface area contributed by atoms with E-state index in [1.54, 1.807) is 0 Å². The van der Waals surface area contributed by atoms with E-state index in [4.69, 9.17) is 0 Å². The summed E-state index contributed by atoms with van der Waals surface area (Å²) in [6.45, 7) is 1.27. The number of hydrogen-bond acceptors (Lipinski definition) is 2. The minimum absolute atomic E-state index is 0.0628. The molecular weight excluding hydrogens is 266 g/mol. The van der Waals surface area contributed by atoms with Gasteiger partial charge in [0.25, 0.3) is 0 Å². The van der Waals surface area contributed by atoms with Gasteiger partial charge in [-0.15, -0.1) is 0 Å². The number of urea groups is 1. The Morgan fingerprint density at radius 1 is 0.810 bits per heavy atom. The van der Waals surface area contributed by atoms with E-state index in [0.29, 0.717) is 19.1 Å². The van der Waals surface area contributed by atoms with E-state index >= 15 is 0 Å². The van der Waals surface area contributed by atoms with Crippen LogP contribution in [0, 0.1) is 5.92 Å². The van der Waals surface area contributed by atoms with E-state index in [9.17, 15) is 9.59 Å². The topological polar surface area (TPSA) is 70.2 Å². The summed E-state index contributed by atoms with van der Waals surface area (Å²) in [5.41, 5.74) is 0. The van der Waals surface area contributed by atoms with Crippen molar-refractivity contribution >= 4 is 11.9 Å². The lowest BCUT2D eigenvalue weighted by molar-refractivity contribution is -0.127. The number of carbonyl (C=O) groups excluding carboxylic acids is 2. The van der Waals surface area contributed by atoms with Gasteiger partial charge in [0.2, 0.25) is 5.91 Å². The van der Waals surface area contributed by atoms with E-state index in [0.717, 1.165) is 32.1 Å². The van der Waals surface area contributed by atoms with Crippen molar-refractivity contribution in [3.63, 3.8) is 0 Å². The highest BCUT2D eigenvalue weighted by molar-refractivity contribution is 5.79. The quantitative estimate of drug-likeness (QED) is 0.520. The van der Waals surface area contributed by atoms with E-state index < -0.39 is 0 Å². The first-order valence-electron chi connectivity index (χ1n) is 8.58. The van der Waals surface area contributed by atoms with Gasteiger partial charge in [-0.3, -0.25) is 4.79 Å². The second-order valence-electron chi connectivity index (χ2n) is 6.36. The summed E-state index contributed by atoms with van der Waals surface area (Å²) < 4.78 is 0. The van der Waals surface area contributed by atoms with Crippen LogP contribution >= 0.6 is 0 Å². The van der Waals surface area contributed by atoms with E-state index in [1.165, 1.54) is 32.1 Å². The Morgan fingerprint density at radius 3 is 2.10 bits per heavy atom. The largest absolute Gasteiger partial charge is 0.356 e. The van der Waals surface area contributed by atoms with Crippen molar-refractivity contribution in [2.24, 2.45) is 5.92 Å². The average molecular weight is 295 g/mol. The Labute approximate surface area is 127 Å². The zero-order valence-corrected chi connectivity index (χ0v) is 13.0. The first-order valence-corrected chi connectivity index (χ1v) is 8.58. The Kier molecular flexibility index (Phi) is 6.83. The van der Waals surface area contributed by atoms with Gasteiger partial charge in [-0.05, 0) is 32.1 Å². The van der Waals surface area contributed by atoms with Crippen molar-refractivity contribution in [2.75, 3.05) is 13.1 Å². The minimum Gasteiger partial charge on any atom is -0.356 e. The number of hydrogen-bond donors (Lipinski definition) is 3. The van der Waals surface area contributed by atoms with Gasteiger partial charge in [-0.25, -0.2) is 4.79 Å². The van der Waals surface area contributed by atoms with E-state index in [2.05, 4.69) is 16.0 Å². The maximum absolute atomic E-state index is 11.8. The predicted molar refractivity (Wildman–Crippen MR) is 83.0 cm³/mol. The molecule has 0 atom stereocenters. The third-order valence-electron chi connectivity index (χ3n) is 4.60. The summed E-state index contributed by atoms with van der Waals surface area (Å²) in [6, 6.07) is 0.276. The van der Waals surface area contributed by atoms with Crippen LogP contribution in [0.1, 0.15) is 64.2 Å². The van der Waals surface area contributed by atoms with Crippen LogP contribution in [-0.4, -0.2) is 31.1 Å². The van der Waals surface area contributed by atoms with Crippen molar-refractivity contribution in [3.05, 3.63) is 0 Å². The van der Waals surface area contributed by atoms with Crippen LogP contribution in [0.5, 0.6) is 0 Å². The molecular formula is C16H29N3O2. The highest BCUT2D eigenvalue weighted by Gasteiger charge is 2.24. The molecule has 0 aromatic heterocycles. The van der Waals surface area contributed by atoms with Crippen LogP contribution in [0.4, 0.5) is 4.79 Å². The molecule has 2 aliphatic carbocycles. The summed E-state index contributed by atoms with van der Waals surface area (Å²) >= 11 is 0. The van der Waals surface area contributed by atoms with Crippen molar-refractivity contribution in [3.8, 4) is 0 Å². The fraction of sp³-hybridized carbons (Fsp3) is 0.875. The van der Waals surface area contributed by atoms with Crippen molar-refractivity contribution in [1.82, 2.24) is 16.0 Å². The first-order chi connectivity index (χ1) is 10.3. The predicted octanol–water partition coefficient (Wildman–Crippen LogP) is 2.31. The van der Waals surface area contributed by atoms with E-state index in [1.807, 2.05) is 0 Å². The number of nitrogens with one attached hydrogen (secondary N) is 3. The number of amides is 3. The first kappa shape index (κ1) is 16.1. The smallest absolute Gasteiger partial charge is 0.315 e. The van der Waals surface area contributed by atoms with Crippen molar-refractivity contribution in [1.29, 1.82) is 0 Å². The van der Waals surface area contributed by atoms with Crippen LogP contribution < -0.4 is 16.0 Å². The lowest BCUT2D eigenvalue weighted by atomic mass is 9.85. The van der Waals surface area contributed by atoms with Gasteiger partial charge in [0.15, 0.2) is 0 Å². The van der Waals surface area contributed by atoms with Gasteiger partial charge >= 0.3 is 6.03 Å². The van der Waals surface area contributed by atoms with Crippen molar-refractivity contribution < 1.29 is 9.59 Å². The Bertz CT molecular complexity index is 334. The molecule has 0 aromatic rings. The Morgan fingerprint density at radius 2 is 1.48 bits per heavy atom. The lowest BCUT2D eigenvalue weighted by Crippen LogP contribution is -2.43. The molecule has 5 nitrogen and oxygen atoms in total. The highest BCUT2D eigenvalue weighted by Crippen LogP contribution is 2.26. The molecule has 120 valence electrons. The number of carbonyl (C=O) groups is 2. The summed E-state index contributed by atoms with van der Waals surface area (Å²) in [5, 5.41) is 8.87. The zero-order valence-electron chi connectivity index (χ0n) is 13.0. The molecule has 0 aliphatic heterocycles. The zero-order chi connectivity index (χ0) is 14.9. The molecule has 3 amide bonds. The molecule has 21 heavy (non-hydrogen) atoms. The molecule has 0 unspecified atom stereocenters. The fourth-order valence-corrected chi connectivity index (χ4v) is 2.98. The van der Waals surface area contributed by atoms with Crippen LogP contribution in [0.25, 0.3) is 0 Å². The summed E-state index contributed by atoms with van der Waals surface area (Å²) in [4.78, 5) is 23.4. The fourth-order valence-electron chi connectivity index (χ4n) is 2.98. The molecule has 0 aromatic carbocycles. The molecule has 0 bridgehead atoms. The monoisotopic (exact) mass is 295 g/mol. The molecule has 0 spiro atoms. The molecule has 0 heterocycles. The van der Waals surface area contributed by atoms with Gasteiger partial charge in [0.05, 0.1) is 0 Å². The molecule has 0 radical (unpaired) electrons. The van der Waals surface area contributed by atoms with Gasteiger partial charge in [-0.2, -0.15) is 0 Å². The minimum atomic E-state index is -0.0628. The molecule has 0 saturated heterocycles. The Balaban J connectivity index is 1.47. The third-order valence-corrected chi connectivity index (χ3v) is 4.60. The molecule has 2 saturated carbocycles. The average Bonchev–Trinajstić information content (AvgIpc) is 2.65. The lowest BCUT2D eigenvalue weighted by Gasteiger charge is -2.24. The van der Waals surface area contributed by atoms with Gasteiger partial charge in [0.1, 0.15) is 0 Å². The second kappa shape index (κ2) is 8.90. The number of rotatable bonds is 6. The summed E-state index contributed by atoms with van der Waals surface area (Å²) in [7, 11) is 0. The summed E-state index contributed by atoms with van der Waals surface area (Å²) in [5.74, 6) is 0.431. The maximum Gasteiger partial charge on any atom is 0.315 e. The van der Waals surface area contributed by atoms with Gasteiger partial charge in [0, 0.05) is 25.0 Å². The second-order valence-corrected chi connectivity index (χ2v) is 6.36. The highest BCUT2D eigenvalue weighted by atomic mass is 16.2. The van der Waals surface area contributed by atoms with E-state index in [-0.39, 0.29) is 17.9 Å². The Hall–Kier alpha value is -1.26. The molecule has 2 aliphatic rings. The summed E-state index contributed by atoms with van der Waals surface area (Å²) in [6.07, 6.45) is 11.3. The molecule has 3 N–H and O–H groups in total. The van der Waals surface area contributed by atoms with Crippen LogP contribution in [0.15, 0.2) is 0 Å². The molecule has 2 rings (SSSR count). The van der Waals surface area contributed by atoms with Crippen LogP contribution in [0.2, 0.25) is 0 Å². The van der Waals surface area contributed by atoms with Crippen molar-refractivity contribution in [2.45, 2.75) is 70.3 Å². The van der Waals surface area contributed by atoms with Gasteiger partial charge < -0.3 is 16.0 Å². The van der Waals surface area contributed by atoms with Crippen LogP contribution in [0.3, 0.4) is 0 Å². The van der Waals surface area contributed by atoms with Crippen LogP contribution in [-0.2, 0) is 4.79 Å². The SMILES string of the molecule is O=C(NCCCNC(=O)C1CCC1)NC1CCCCCC1. The van der Waals surface area contributed by atoms with Gasteiger partial charge in [-0.1, -0.05) is 32.1 Å². The normalized spacial score (nSPS) is 20.2. The maximum atomic E-state index is 11.8. The molecule has 5 heteroatoms. The molecule has 2 fully saturated rings. The third kappa shape index (κ3) is 5.94.